The molecule has 1 fully saturated rings. The maximum atomic E-state index is 14.1. The molecule has 3 aromatic rings. The van der Waals surface area contributed by atoms with E-state index in [4.69, 9.17) is 0 Å². The fourth-order valence-corrected chi connectivity index (χ4v) is 6.65. The fourth-order valence-electron chi connectivity index (χ4n) is 5.24. The molecule has 1 N–H and O–H groups in total. The zero-order valence-corrected chi connectivity index (χ0v) is 25.3. The summed E-state index contributed by atoms with van der Waals surface area (Å²) in [4.78, 5) is 29.1. The molecule has 1 aliphatic rings. The fraction of sp³-hybridized carbons (Fsp3) is 0.394. The number of aryl methyl sites for hydroxylation is 3. The Hall–Kier alpha value is -3.65. The lowest BCUT2D eigenvalue weighted by atomic mass is 9.95. The van der Waals surface area contributed by atoms with Crippen molar-refractivity contribution in [3.05, 3.63) is 95.1 Å². The van der Waals surface area contributed by atoms with Gasteiger partial charge in [-0.3, -0.25) is 13.9 Å². The Labute approximate surface area is 244 Å². The number of carbonyl (C=O) groups excluding carboxylic acids is 2. The Morgan fingerprint density at radius 3 is 2.07 bits per heavy atom. The monoisotopic (exact) mass is 575 g/mol. The third-order valence-electron chi connectivity index (χ3n) is 7.76. The van der Waals surface area contributed by atoms with E-state index in [0.717, 1.165) is 52.2 Å². The van der Waals surface area contributed by atoms with Crippen LogP contribution in [0.1, 0.15) is 61.3 Å². The number of hydrogen-bond acceptors (Lipinski definition) is 4. The van der Waals surface area contributed by atoms with Gasteiger partial charge in [-0.1, -0.05) is 84.5 Å². The van der Waals surface area contributed by atoms with E-state index in [0.29, 0.717) is 5.69 Å². The van der Waals surface area contributed by atoms with Crippen LogP contribution in [-0.4, -0.2) is 43.8 Å². The third-order valence-corrected chi connectivity index (χ3v) is 9.55. The summed E-state index contributed by atoms with van der Waals surface area (Å²) in [6.45, 7) is 7.25. The van der Waals surface area contributed by atoms with Gasteiger partial charge in [0.05, 0.1) is 10.6 Å². The number of sulfonamides is 1. The predicted molar refractivity (Wildman–Crippen MR) is 163 cm³/mol. The van der Waals surface area contributed by atoms with Gasteiger partial charge in [-0.25, -0.2) is 8.42 Å². The van der Waals surface area contributed by atoms with Crippen molar-refractivity contribution < 1.29 is 18.0 Å². The minimum atomic E-state index is -4.08. The second kappa shape index (κ2) is 13.3. The summed E-state index contributed by atoms with van der Waals surface area (Å²) in [7, 11) is -4.08. The molecule has 7 nitrogen and oxygen atoms in total. The number of rotatable bonds is 10. The Balaban J connectivity index is 1.67. The van der Waals surface area contributed by atoms with Gasteiger partial charge in [-0.05, 0) is 70.4 Å². The minimum Gasteiger partial charge on any atom is -0.352 e. The lowest BCUT2D eigenvalue weighted by molar-refractivity contribution is -0.139. The summed E-state index contributed by atoms with van der Waals surface area (Å²) >= 11 is 0. The van der Waals surface area contributed by atoms with E-state index < -0.39 is 28.5 Å². The molecular formula is C33H41N3O4S. The van der Waals surface area contributed by atoms with Gasteiger partial charge in [0.25, 0.3) is 10.0 Å². The van der Waals surface area contributed by atoms with E-state index in [-0.39, 0.29) is 23.4 Å². The molecule has 0 saturated heterocycles. The maximum absolute atomic E-state index is 14.1. The molecule has 8 heteroatoms. The molecule has 0 radical (unpaired) electrons. The van der Waals surface area contributed by atoms with E-state index in [1.807, 2.05) is 57.2 Å². The van der Waals surface area contributed by atoms with Gasteiger partial charge in [-0.15, -0.1) is 0 Å². The first-order chi connectivity index (χ1) is 19.5. The lowest BCUT2D eigenvalue weighted by Crippen LogP contribution is -2.53. The highest BCUT2D eigenvalue weighted by atomic mass is 32.2. The summed E-state index contributed by atoms with van der Waals surface area (Å²) in [5.74, 6) is -0.671. The number of benzene rings is 3. The average molecular weight is 576 g/mol. The van der Waals surface area contributed by atoms with Gasteiger partial charge in [0, 0.05) is 12.6 Å². The van der Waals surface area contributed by atoms with E-state index in [1.54, 1.807) is 43.3 Å². The number of nitrogens with zero attached hydrogens (tertiary/aromatic N) is 2. The molecule has 1 unspecified atom stereocenters. The van der Waals surface area contributed by atoms with Crippen molar-refractivity contribution in [2.75, 3.05) is 10.8 Å². The van der Waals surface area contributed by atoms with E-state index >= 15 is 0 Å². The summed E-state index contributed by atoms with van der Waals surface area (Å²) in [6, 6.07) is 20.7. The third kappa shape index (κ3) is 7.76. The van der Waals surface area contributed by atoms with Crippen LogP contribution in [-0.2, 0) is 26.2 Å². The molecule has 1 saturated carbocycles. The molecule has 3 aromatic carbocycles. The molecule has 2 amide bonds. The molecule has 41 heavy (non-hydrogen) atoms. The molecule has 0 aromatic heterocycles. The topological polar surface area (TPSA) is 86.8 Å². The SMILES string of the molecule is Cc1ccc(N(CC(=O)N(Cc2cccc(C)c2)C(C)C(=O)NC2CCCCC2)S(=O)(=O)c2ccc(C)cc2)cc1. The molecule has 0 aliphatic heterocycles. The van der Waals surface area contributed by atoms with Gasteiger partial charge in [-0.2, -0.15) is 0 Å². The highest BCUT2D eigenvalue weighted by molar-refractivity contribution is 7.92. The quantitative estimate of drug-likeness (QED) is 0.337. The number of carbonyl (C=O) groups is 2. The second-order valence-corrected chi connectivity index (χ2v) is 13.1. The smallest absolute Gasteiger partial charge is 0.264 e. The average Bonchev–Trinajstić information content (AvgIpc) is 2.95. The molecule has 0 spiro atoms. The van der Waals surface area contributed by atoms with E-state index in [1.165, 1.54) is 11.3 Å². The zero-order valence-electron chi connectivity index (χ0n) is 24.5. The first-order valence-corrected chi connectivity index (χ1v) is 15.8. The molecule has 0 heterocycles. The predicted octanol–water partition coefficient (Wildman–Crippen LogP) is 5.67. The normalized spacial score (nSPS) is 14.7. The summed E-state index contributed by atoms with van der Waals surface area (Å²) in [5, 5.41) is 3.14. The van der Waals surface area contributed by atoms with Crippen LogP contribution in [0.5, 0.6) is 0 Å². The van der Waals surface area contributed by atoms with E-state index in [2.05, 4.69) is 5.32 Å². The molecule has 4 rings (SSSR count). The van der Waals surface area contributed by atoms with Crippen LogP contribution in [0.15, 0.2) is 77.7 Å². The number of amides is 2. The van der Waals surface area contributed by atoms with Crippen molar-refractivity contribution in [1.82, 2.24) is 10.2 Å². The Morgan fingerprint density at radius 1 is 0.854 bits per heavy atom. The van der Waals surface area contributed by atoms with Crippen LogP contribution in [0, 0.1) is 20.8 Å². The first kappa shape index (κ1) is 30.3. The second-order valence-electron chi connectivity index (χ2n) is 11.2. The zero-order chi connectivity index (χ0) is 29.6. The maximum Gasteiger partial charge on any atom is 0.264 e. The highest BCUT2D eigenvalue weighted by Gasteiger charge is 2.33. The number of hydrogen-bond donors (Lipinski definition) is 1. The van der Waals surface area contributed by atoms with Crippen LogP contribution in [0.25, 0.3) is 0 Å². The van der Waals surface area contributed by atoms with Crippen molar-refractivity contribution in [3.63, 3.8) is 0 Å². The number of anilines is 1. The van der Waals surface area contributed by atoms with Crippen LogP contribution in [0.4, 0.5) is 5.69 Å². The van der Waals surface area contributed by atoms with Gasteiger partial charge in [0.1, 0.15) is 12.6 Å². The molecule has 0 bridgehead atoms. The summed E-state index contributed by atoms with van der Waals surface area (Å²) in [5.41, 5.74) is 4.21. The van der Waals surface area contributed by atoms with Gasteiger partial charge in [0.15, 0.2) is 0 Å². The van der Waals surface area contributed by atoms with Crippen LogP contribution >= 0.6 is 0 Å². The van der Waals surface area contributed by atoms with Crippen LogP contribution in [0.3, 0.4) is 0 Å². The van der Waals surface area contributed by atoms with Crippen LogP contribution < -0.4 is 9.62 Å². The van der Waals surface area contributed by atoms with E-state index in [9.17, 15) is 18.0 Å². The van der Waals surface area contributed by atoms with Crippen molar-refractivity contribution in [2.45, 2.75) is 83.3 Å². The molecular weight excluding hydrogens is 534 g/mol. The Bertz CT molecular complexity index is 1450. The number of nitrogens with one attached hydrogen (secondary N) is 1. The summed E-state index contributed by atoms with van der Waals surface area (Å²) in [6.07, 6.45) is 5.19. The highest BCUT2D eigenvalue weighted by Crippen LogP contribution is 2.26. The van der Waals surface area contributed by atoms with Gasteiger partial charge in [0.2, 0.25) is 11.8 Å². The molecule has 218 valence electrons. The molecule has 1 aliphatic carbocycles. The minimum absolute atomic E-state index is 0.0978. The summed E-state index contributed by atoms with van der Waals surface area (Å²) < 4.78 is 29.0. The largest absolute Gasteiger partial charge is 0.352 e. The Kier molecular flexibility index (Phi) is 9.86. The van der Waals surface area contributed by atoms with Crippen molar-refractivity contribution in [2.24, 2.45) is 0 Å². The first-order valence-electron chi connectivity index (χ1n) is 14.4. The van der Waals surface area contributed by atoms with Gasteiger partial charge < -0.3 is 10.2 Å². The lowest BCUT2D eigenvalue weighted by Gasteiger charge is -2.33. The van der Waals surface area contributed by atoms with Crippen molar-refractivity contribution >= 4 is 27.5 Å². The van der Waals surface area contributed by atoms with Crippen molar-refractivity contribution in [1.29, 1.82) is 0 Å². The van der Waals surface area contributed by atoms with Crippen molar-refractivity contribution in [3.8, 4) is 0 Å². The standard InChI is InChI=1S/C33H41N3O4S/c1-24-13-17-30(18-14-24)36(41(39,40)31-19-15-25(2)16-20-31)23-32(37)35(22-28-10-8-9-26(3)21-28)27(4)33(38)34-29-11-6-5-7-12-29/h8-10,13-21,27,29H,5-7,11-12,22-23H2,1-4H3,(H,34,38). The molecule has 1 atom stereocenters. The Morgan fingerprint density at radius 2 is 1.46 bits per heavy atom. The van der Waals surface area contributed by atoms with Gasteiger partial charge >= 0.3 is 0 Å². The van der Waals surface area contributed by atoms with Crippen LogP contribution in [0.2, 0.25) is 0 Å².